The van der Waals surface area contributed by atoms with Gasteiger partial charge in [-0.05, 0) is 11.8 Å². The predicted molar refractivity (Wildman–Crippen MR) is 65.1 cm³/mol. The molecule has 7 heteroatoms. The summed E-state index contributed by atoms with van der Waals surface area (Å²) in [5.41, 5.74) is -0.269. The minimum absolute atomic E-state index is 0.269. The normalized spacial score (nSPS) is 13.2. The molecule has 0 N–H and O–H groups in total. The first-order valence-corrected chi connectivity index (χ1v) is 6.19. The van der Waals surface area contributed by atoms with Crippen molar-refractivity contribution in [3.63, 3.8) is 0 Å². The molecule has 0 bridgehead atoms. The Labute approximate surface area is 118 Å². The number of carbonyl (C=O) groups is 1. The number of benzene rings is 1. The highest BCUT2D eigenvalue weighted by molar-refractivity contribution is 5.74. The van der Waals surface area contributed by atoms with E-state index < -0.39 is 46.7 Å². The molecule has 0 amide bonds. The molecule has 0 radical (unpaired) electrons. The Bertz CT molecular complexity index is 534. The van der Waals surface area contributed by atoms with Gasteiger partial charge in [0.25, 0.3) is 0 Å². The van der Waals surface area contributed by atoms with Crippen LogP contribution < -0.4 is 4.74 Å². The van der Waals surface area contributed by atoms with E-state index in [1.54, 1.807) is 0 Å². The van der Waals surface area contributed by atoms with Crippen molar-refractivity contribution in [3.8, 4) is 5.75 Å². The molecule has 1 aromatic carbocycles. The topological polar surface area (TPSA) is 26.3 Å². The van der Waals surface area contributed by atoms with Crippen LogP contribution in [0.25, 0.3) is 0 Å². The molecule has 1 rings (SSSR count). The SMILES string of the molecule is CC(CC(C)(C)C)C(=O)Oc1c(F)c(F)c(F)c(F)c1F. The van der Waals surface area contributed by atoms with Crippen LogP contribution in [0.2, 0.25) is 0 Å². The molecule has 0 aromatic heterocycles. The molecule has 0 spiro atoms. The van der Waals surface area contributed by atoms with E-state index in [1.807, 2.05) is 20.8 Å². The van der Waals surface area contributed by atoms with Crippen LogP contribution >= 0.6 is 0 Å². The molecule has 21 heavy (non-hydrogen) atoms. The van der Waals surface area contributed by atoms with E-state index in [9.17, 15) is 26.7 Å². The summed E-state index contributed by atoms with van der Waals surface area (Å²) in [7, 11) is 0. The van der Waals surface area contributed by atoms with E-state index in [0.717, 1.165) is 0 Å². The van der Waals surface area contributed by atoms with Crippen LogP contribution in [-0.4, -0.2) is 5.97 Å². The zero-order valence-electron chi connectivity index (χ0n) is 12.0. The monoisotopic (exact) mass is 310 g/mol. The molecule has 0 saturated heterocycles. The quantitative estimate of drug-likeness (QED) is 0.273. The summed E-state index contributed by atoms with van der Waals surface area (Å²) in [5.74, 6) is -14.3. The van der Waals surface area contributed by atoms with Crippen molar-refractivity contribution in [2.45, 2.75) is 34.1 Å². The van der Waals surface area contributed by atoms with Crippen molar-refractivity contribution in [1.29, 1.82) is 0 Å². The molecule has 0 saturated carbocycles. The minimum atomic E-state index is -2.30. The smallest absolute Gasteiger partial charge is 0.314 e. The van der Waals surface area contributed by atoms with Crippen molar-refractivity contribution in [3.05, 3.63) is 29.1 Å². The Kier molecular flexibility index (Phi) is 4.96. The molecule has 1 aromatic rings. The van der Waals surface area contributed by atoms with E-state index in [2.05, 4.69) is 4.74 Å². The first-order valence-electron chi connectivity index (χ1n) is 6.19. The Hall–Kier alpha value is -1.66. The van der Waals surface area contributed by atoms with Crippen molar-refractivity contribution in [2.75, 3.05) is 0 Å². The molecule has 2 nitrogen and oxygen atoms in total. The molecule has 1 unspecified atom stereocenters. The molecule has 1 atom stereocenters. The lowest BCUT2D eigenvalue weighted by atomic mass is 9.85. The summed E-state index contributed by atoms with van der Waals surface area (Å²) in [4.78, 5) is 11.7. The van der Waals surface area contributed by atoms with Gasteiger partial charge in [-0.1, -0.05) is 27.7 Å². The Morgan fingerprint density at radius 1 is 0.952 bits per heavy atom. The van der Waals surface area contributed by atoms with E-state index >= 15 is 0 Å². The third-order valence-corrected chi connectivity index (χ3v) is 2.69. The summed E-state index contributed by atoms with van der Waals surface area (Å²) < 4.78 is 69.9. The van der Waals surface area contributed by atoms with E-state index in [4.69, 9.17) is 0 Å². The molecule has 0 aliphatic rings. The summed E-state index contributed by atoms with van der Waals surface area (Å²) >= 11 is 0. The van der Waals surface area contributed by atoms with Gasteiger partial charge in [-0.2, -0.15) is 8.78 Å². The van der Waals surface area contributed by atoms with E-state index in [-0.39, 0.29) is 5.41 Å². The lowest BCUT2D eigenvalue weighted by Gasteiger charge is -2.22. The number of ether oxygens (including phenoxy) is 1. The van der Waals surface area contributed by atoms with Crippen LogP contribution in [0.15, 0.2) is 0 Å². The number of carbonyl (C=O) groups excluding carboxylic acids is 1. The van der Waals surface area contributed by atoms with Gasteiger partial charge in [0, 0.05) is 0 Å². The van der Waals surface area contributed by atoms with Gasteiger partial charge in [-0.25, -0.2) is 13.2 Å². The maximum absolute atomic E-state index is 13.4. The molecule has 0 aliphatic carbocycles. The van der Waals surface area contributed by atoms with Crippen molar-refractivity contribution >= 4 is 5.97 Å². The molecule has 0 aliphatic heterocycles. The van der Waals surface area contributed by atoms with Gasteiger partial charge >= 0.3 is 5.97 Å². The maximum Gasteiger partial charge on any atom is 0.314 e. The van der Waals surface area contributed by atoms with Gasteiger partial charge in [0.2, 0.25) is 34.8 Å². The minimum Gasteiger partial charge on any atom is -0.420 e. The first-order chi connectivity index (χ1) is 9.45. The zero-order valence-corrected chi connectivity index (χ0v) is 12.0. The van der Waals surface area contributed by atoms with Crippen molar-refractivity contribution in [1.82, 2.24) is 0 Å². The van der Waals surface area contributed by atoms with Crippen LogP contribution in [0.1, 0.15) is 34.1 Å². The highest BCUT2D eigenvalue weighted by Gasteiger charge is 2.30. The van der Waals surface area contributed by atoms with E-state index in [0.29, 0.717) is 6.42 Å². The lowest BCUT2D eigenvalue weighted by Crippen LogP contribution is -2.24. The van der Waals surface area contributed by atoms with Crippen LogP contribution in [-0.2, 0) is 4.79 Å². The fourth-order valence-electron chi connectivity index (χ4n) is 1.88. The second kappa shape index (κ2) is 5.99. The highest BCUT2D eigenvalue weighted by atomic mass is 19.2. The highest BCUT2D eigenvalue weighted by Crippen LogP contribution is 2.31. The fraction of sp³-hybridized carbons (Fsp3) is 0.500. The average molecular weight is 310 g/mol. The molecule has 0 fully saturated rings. The Morgan fingerprint density at radius 2 is 1.33 bits per heavy atom. The average Bonchev–Trinajstić information content (AvgIpc) is 2.37. The largest absolute Gasteiger partial charge is 0.420 e. The molecule has 118 valence electrons. The van der Waals surface area contributed by atoms with Gasteiger partial charge in [0.05, 0.1) is 5.92 Å². The van der Waals surface area contributed by atoms with Gasteiger partial charge in [0.15, 0.2) is 0 Å². The lowest BCUT2D eigenvalue weighted by molar-refractivity contribution is -0.139. The van der Waals surface area contributed by atoms with E-state index in [1.165, 1.54) is 6.92 Å². The number of rotatable bonds is 3. The standard InChI is InChI=1S/C14H15F5O2/c1-6(5-14(2,3)4)13(20)21-12-10(18)8(16)7(15)9(17)11(12)19/h6H,5H2,1-4H3. The number of halogens is 5. The molecular weight excluding hydrogens is 295 g/mol. The van der Waals surface area contributed by atoms with Crippen LogP contribution in [0.4, 0.5) is 22.0 Å². The zero-order chi connectivity index (χ0) is 16.5. The van der Waals surface area contributed by atoms with Crippen LogP contribution in [0.5, 0.6) is 5.75 Å². The van der Waals surface area contributed by atoms with Gasteiger partial charge < -0.3 is 4.74 Å². The Balaban J connectivity index is 3.07. The summed E-state index contributed by atoms with van der Waals surface area (Å²) in [5, 5.41) is 0. The fourth-order valence-corrected chi connectivity index (χ4v) is 1.88. The third-order valence-electron chi connectivity index (χ3n) is 2.69. The van der Waals surface area contributed by atoms with Gasteiger partial charge in [0.1, 0.15) is 0 Å². The number of esters is 1. The summed E-state index contributed by atoms with van der Waals surface area (Å²) in [6.45, 7) is 6.93. The third kappa shape index (κ3) is 3.92. The second-order valence-electron chi connectivity index (χ2n) is 5.99. The summed E-state index contributed by atoms with van der Waals surface area (Å²) in [6.07, 6.45) is 0.321. The van der Waals surface area contributed by atoms with Crippen molar-refractivity contribution < 1.29 is 31.5 Å². The maximum atomic E-state index is 13.4. The first kappa shape index (κ1) is 17.4. The predicted octanol–water partition coefficient (Wildman–Crippen LogP) is 4.36. The van der Waals surface area contributed by atoms with Crippen molar-refractivity contribution in [2.24, 2.45) is 11.3 Å². The molecular formula is C14H15F5O2. The second-order valence-corrected chi connectivity index (χ2v) is 5.99. The van der Waals surface area contributed by atoms with Crippen LogP contribution in [0.3, 0.4) is 0 Å². The Morgan fingerprint density at radius 3 is 1.71 bits per heavy atom. The van der Waals surface area contributed by atoms with Crippen LogP contribution in [0, 0.1) is 40.4 Å². The number of hydrogen-bond acceptors (Lipinski definition) is 2. The van der Waals surface area contributed by atoms with Gasteiger partial charge in [-0.3, -0.25) is 4.79 Å². The summed E-state index contributed by atoms with van der Waals surface area (Å²) in [6, 6.07) is 0. The van der Waals surface area contributed by atoms with Gasteiger partial charge in [-0.15, -0.1) is 0 Å². The number of hydrogen-bond donors (Lipinski definition) is 0. The molecule has 0 heterocycles.